The number of nitrogens with one attached hydrogen (secondary N) is 2. The van der Waals surface area contributed by atoms with Crippen LogP contribution in [0, 0.1) is 0 Å². The van der Waals surface area contributed by atoms with E-state index >= 15 is 0 Å². The summed E-state index contributed by atoms with van der Waals surface area (Å²) in [5, 5.41) is 19.3. The molecule has 0 aliphatic carbocycles. The molecule has 0 bridgehead atoms. The van der Waals surface area contributed by atoms with E-state index in [4.69, 9.17) is 16.0 Å². The normalized spacial score (nSPS) is 18.8. The average Bonchev–Trinajstić information content (AvgIpc) is 3.77. The Morgan fingerprint density at radius 2 is 1.74 bits per heavy atom. The quantitative estimate of drug-likeness (QED) is 0.131. The van der Waals surface area contributed by atoms with Crippen LogP contribution in [0.15, 0.2) is 101 Å². The lowest BCUT2D eigenvalue weighted by Crippen LogP contribution is -2.45. The van der Waals surface area contributed by atoms with E-state index in [0.717, 1.165) is 62.3 Å². The van der Waals surface area contributed by atoms with Crippen molar-refractivity contribution in [2.75, 3.05) is 65.4 Å². The van der Waals surface area contributed by atoms with Crippen LogP contribution < -0.4 is 16.2 Å². The highest BCUT2D eigenvalue weighted by atomic mass is 35.5. The highest BCUT2D eigenvalue weighted by Gasteiger charge is 2.33. The van der Waals surface area contributed by atoms with Crippen molar-refractivity contribution in [3.8, 4) is 11.3 Å². The van der Waals surface area contributed by atoms with Crippen molar-refractivity contribution in [2.45, 2.75) is 50.3 Å². The van der Waals surface area contributed by atoms with Gasteiger partial charge in [-0.3, -0.25) is 28.6 Å². The third-order valence-corrected chi connectivity index (χ3v) is 12.9. The molecule has 3 saturated heterocycles. The third kappa shape index (κ3) is 10.8. The topological polar surface area (TPSA) is 162 Å². The van der Waals surface area contributed by atoms with Gasteiger partial charge < -0.3 is 25.1 Å². The van der Waals surface area contributed by atoms with Crippen LogP contribution in [-0.2, 0) is 17.7 Å². The minimum absolute atomic E-state index is 0.0295. The molecule has 1 amide bonds. The number of amides is 1. The maximum Gasteiger partial charge on any atom is 0.261 e. The number of carbonyl (C=O) groups is 1. The molecule has 0 spiro atoms. The van der Waals surface area contributed by atoms with E-state index in [1.165, 1.54) is 29.3 Å². The zero-order valence-corrected chi connectivity index (χ0v) is 35.7. The Bertz CT molecular complexity index is 2510. The molecule has 1 unspecified atom stereocenters. The van der Waals surface area contributed by atoms with Crippen molar-refractivity contribution < 1.29 is 18.9 Å². The number of aromatic nitrogens is 4. The van der Waals surface area contributed by atoms with E-state index in [1.807, 2.05) is 18.2 Å². The van der Waals surface area contributed by atoms with Crippen LogP contribution in [-0.4, -0.2) is 116 Å². The number of piperazine rings is 1. The summed E-state index contributed by atoms with van der Waals surface area (Å²) in [4.78, 5) is 43.7. The monoisotopic (exact) mass is 863 g/mol. The van der Waals surface area contributed by atoms with Crippen molar-refractivity contribution in [3.63, 3.8) is 0 Å². The van der Waals surface area contributed by atoms with Crippen LogP contribution in [0.1, 0.15) is 53.4 Å². The van der Waals surface area contributed by atoms with E-state index in [-0.39, 0.29) is 26.6 Å². The number of halogens is 1. The number of aliphatic hydroxyl groups is 1. The van der Waals surface area contributed by atoms with Crippen molar-refractivity contribution in [2.24, 2.45) is 0 Å². The Balaban J connectivity index is 0.000000171. The molecule has 3 aliphatic heterocycles. The molecule has 9 rings (SSSR count). The Hall–Kier alpha value is -4.92. The molecule has 3 fully saturated rings. The summed E-state index contributed by atoms with van der Waals surface area (Å²) in [6.07, 6.45) is 8.13. The lowest BCUT2D eigenvalue weighted by Gasteiger charge is -2.35. The van der Waals surface area contributed by atoms with Gasteiger partial charge in [0.1, 0.15) is 12.0 Å². The summed E-state index contributed by atoms with van der Waals surface area (Å²) in [7, 11) is -0.0295. The average molecular weight is 864 g/mol. The Kier molecular flexibility index (Phi) is 13.9. The van der Waals surface area contributed by atoms with Gasteiger partial charge in [-0.25, -0.2) is 14.6 Å². The Morgan fingerprint density at radius 1 is 0.951 bits per heavy atom. The first-order valence-electron chi connectivity index (χ1n) is 21.0. The molecule has 6 heterocycles. The molecule has 1 atom stereocenters. The lowest BCUT2D eigenvalue weighted by molar-refractivity contribution is -0.0197. The molecule has 16 heteroatoms. The van der Waals surface area contributed by atoms with Crippen molar-refractivity contribution in [1.82, 2.24) is 44.6 Å². The second-order valence-electron chi connectivity index (χ2n) is 16.2. The van der Waals surface area contributed by atoms with Gasteiger partial charge in [0.2, 0.25) is 14.5 Å². The Morgan fingerprint density at radius 3 is 2.54 bits per heavy atom. The van der Waals surface area contributed by atoms with Crippen LogP contribution in [0.3, 0.4) is 0 Å². The predicted molar refractivity (Wildman–Crippen MR) is 237 cm³/mol. The fourth-order valence-corrected chi connectivity index (χ4v) is 8.99. The van der Waals surface area contributed by atoms with Gasteiger partial charge in [-0.15, -0.1) is 0 Å². The molecule has 0 saturated carbocycles. The number of nitrogens with zero attached hydrogens (tertiary/aromatic N) is 7. The van der Waals surface area contributed by atoms with E-state index in [9.17, 15) is 19.3 Å². The minimum atomic E-state index is -1.01. The largest absolute Gasteiger partial charge is 0.447 e. The summed E-state index contributed by atoms with van der Waals surface area (Å²) in [5.41, 5.74) is 3.69. The fourth-order valence-electron chi connectivity index (χ4n) is 8.41. The van der Waals surface area contributed by atoms with Gasteiger partial charge in [0, 0.05) is 81.6 Å². The first-order valence-corrected chi connectivity index (χ1v) is 22.2. The van der Waals surface area contributed by atoms with E-state index in [0.29, 0.717) is 78.0 Å². The van der Waals surface area contributed by atoms with Crippen molar-refractivity contribution >= 4 is 47.9 Å². The molecule has 318 valence electrons. The zero-order valence-electron chi connectivity index (χ0n) is 34.1. The number of carbonyl (C=O) groups excluding carboxylic acids is 1. The van der Waals surface area contributed by atoms with Gasteiger partial charge in [-0.1, -0.05) is 54.1 Å². The first-order chi connectivity index (χ1) is 29.7. The minimum Gasteiger partial charge on any atom is -0.447 e. The van der Waals surface area contributed by atoms with Gasteiger partial charge >= 0.3 is 0 Å². The number of likely N-dealkylation sites (tertiary alicyclic amines) is 1. The molecule has 3 aliphatic rings. The summed E-state index contributed by atoms with van der Waals surface area (Å²) in [5.74, 6) is 1.19. The fraction of sp³-hybridized carbons (Fsp3) is 0.400. The number of pyridine rings is 1. The van der Waals surface area contributed by atoms with Gasteiger partial charge in [-0.05, 0) is 74.0 Å². The summed E-state index contributed by atoms with van der Waals surface area (Å²) in [6, 6.07) is 23.4. The number of rotatable bonds is 11. The molecule has 3 N–H and O–H groups in total. The number of benzene rings is 3. The van der Waals surface area contributed by atoms with Crippen LogP contribution in [0.2, 0.25) is 5.02 Å². The molecular formula is C45H51ClN9O5P. The van der Waals surface area contributed by atoms with Gasteiger partial charge in [0.15, 0.2) is 0 Å². The zero-order chi connectivity index (χ0) is 42.2. The summed E-state index contributed by atoms with van der Waals surface area (Å²) < 4.78 is 19.9. The highest BCUT2D eigenvalue weighted by molar-refractivity contribution is 7.20. The second kappa shape index (κ2) is 19.9. The van der Waals surface area contributed by atoms with Crippen LogP contribution in [0.4, 0.5) is 0 Å². The third-order valence-electron chi connectivity index (χ3n) is 11.9. The predicted octanol–water partition coefficient (Wildman–Crippen LogP) is 5.99. The molecule has 61 heavy (non-hydrogen) atoms. The molecule has 0 radical (unpaired) electrons. The smallest absolute Gasteiger partial charge is 0.261 e. The van der Waals surface area contributed by atoms with Gasteiger partial charge in [0.25, 0.3) is 11.5 Å². The van der Waals surface area contributed by atoms with E-state index in [1.54, 1.807) is 41.4 Å². The molecule has 14 nitrogen and oxygen atoms in total. The molecule has 6 aromatic rings. The second-order valence-corrected chi connectivity index (χ2v) is 17.3. The van der Waals surface area contributed by atoms with Crippen molar-refractivity contribution in [1.29, 1.82) is 0 Å². The molecular weight excluding hydrogens is 813 g/mol. The standard InChI is InChI=1S/C23H24ClN3O.C22H27N6O4P/c24-21-10-11-25-22-15-18(8-9-20(21)22)23(28)26-12-14-27-13-4-7-19(16-27)17-5-2-1-3-6-17;29-21-17-2-1-16(19-13-32-20(25-19)12-26-9-5-23-6-10-26)11-18(17)24-15-27(21)14-22(30)3-7-28(33-31)8-4-22/h1-3,5-6,8-11,15,19H,4,7,12-14,16H2,(H,26,28);1-2,11,13,15,23,30H,3-10,12,14H2. The molecule has 3 aromatic carbocycles. The highest BCUT2D eigenvalue weighted by Crippen LogP contribution is 2.29. The van der Waals surface area contributed by atoms with Crippen LogP contribution >= 0.6 is 20.2 Å². The lowest BCUT2D eigenvalue weighted by atomic mass is 9.91. The maximum absolute atomic E-state index is 13.0. The van der Waals surface area contributed by atoms with Crippen LogP contribution in [0.5, 0.6) is 0 Å². The number of oxazole rings is 1. The first kappa shape index (κ1) is 42.8. The van der Waals surface area contributed by atoms with Crippen LogP contribution in [0.25, 0.3) is 33.1 Å². The maximum atomic E-state index is 13.0. The van der Waals surface area contributed by atoms with Gasteiger partial charge in [0.05, 0.1) is 46.5 Å². The van der Waals surface area contributed by atoms with Gasteiger partial charge in [-0.2, -0.15) is 0 Å². The Labute approximate surface area is 361 Å². The number of fused-ring (bicyclic) bond motifs is 2. The van der Waals surface area contributed by atoms with Crippen molar-refractivity contribution in [3.05, 3.63) is 124 Å². The summed E-state index contributed by atoms with van der Waals surface area (Å²) in [6.45, 7) is 9.42. The number of piperidine rings is 2. The molecule has 3 aromatic heterocycles. The van der Waals surface area contributed by atoms with E-state index < -0.39 is 5.60 Å². The SMILES string of the molecule is O=C(NCCN1CCCC(c2ccccc2)C1)c1ccc2c(Cl)ccnc2c1.O=PN1CCC(O)(Cn2cnc3cc(-c4coc(CN5CCNCC5)n4)ccc3c2=O)CC1. The summed E-state index contributed by atoms with van der Waals surface area (Å²) >= 11 is 6.17. The van der Waals surface area contributed by atoms with E-state index in [2.05, 4.69) is 65.7 Å². The number of hydrogen-bond donors (Lipinski definition) is 3. The number of hydrogen-bond acceptors (Lipinski definition) is 11.